The van der Waals surface area contributed by atoms with E-state index in [0.717, 1.165) is 36.6 Å². The van der Waals surface area contributed by atoms with Crippen LogP contribution in [0.5, 0.6) is 0 Å². The van der Waals surface area contributed by atoms with Crippen molar-refractivity contribution >= 4 is 16.9 Å². The van der Waals surface area contributed by atoms with Crippen molar-refractivity contribution in [3.8, 4) is 0 Å². The molecule has 1 unspecified atom stereocenters. The monoisotopic (exact) mass is 313 g/mol. The van der Waals surface area contributed by atoms with Crippen LogP contribution in [-0.2, 0) is 4.79 Å². The second kappa shape index (κ2) is 5.59. The molecule has 2 aliphatic carbocycles. The number of nitrogens with zero attached hydrogens (tertiary/aromatic N) is 1. The molecule has 2 aromatic rings. The van der Waals surface area contributed by atoms with Gasteiger partial charge in [-0.05, 0) is 79.2 Å². The van der Waals surface area contributed by atoms with Gasteiger partial charge in [-0.2, -0.15) is 0 Å². The number of rotatable bonds is 3. The number of fused-ring (bicyclic) bond motifs is 2. The Morgan fingerprint density at radius 2 is 1.91 bits per heavy atom. The van der Waals surface area contributed by atoms with Crippen LogP contribution >= 0.6 is 0 Å². The summed E-state index contributed by atoms with van der Waals surface area (Å²) in [5.74, 6) is 1.15. The van der Waals surface area contributed by atoms with Crippen LogP contribution in [0.2, 0.25) is 0 Å². The molecule has 0 aliphatic heterocycles. The van der Waals surface area contributed by atoms with Gasteiger partial charge >= 0.3 is 5.97 Å². The Kier molecular flexibility index (Phi) is 3.55. The zero-order chi connectivity index (χ0) is 16.0. The highest BCUT2D eigenvalue weighted by Crippen LogP contribution is 2.53. The molecule has 4 atom stereocenters. The van der Waals surface area contributed by atoms with E-state index in [9.17, 15) is 9.18 Å². The van der Waals surface area contributed by atoms with Gasteiger partial charge in [-0.1, -0.05) is 0 Å². The third-order valence-corrected chi connectivity index (χ3v) is 5.75. The Morgan fingerprint density at radius 3 is 2.61 bits per heavy atom. The Balaban J connectivity index is 1.56. The van der Waals surface area contributed by atoms with Crippen LogP contribution < -0.4 is 0 Å². The Bertz CT molecular complexity index is 746. The first-order valence-electron chi connectivity index (χ1n) is 8.36. The van der Waals surface area contributed by atoms with E-state index in [4.69, 9.17) is 5.11 Å². The topological polar surface area (TPSA) is 50.2 Å². The Hall–Kier alpha value is -1.97. The molecule has 2 aliphatic rings. The quantitative estimate of drug-likeness (QED) is 0.915. The molecule has 4 heteroatoms. The number of aliphatic carboxylic acids is 1. The minimum Gasteiger partial charge on any atom is -0.481 e. The Labute approximate surface area is 134 Å². The van der Waals surface area contributed by atoms with Crippen molar-refractivity contribution in [1.29, 1.82) is 0 Å². The summed E-state index contributed by atoms with van der Waals surface area (Å²) in [7, 11) is 0. The lowest BCUT2D eigenvalue weighted by Crippen LogP contribution is -2.06. The second-order valence-corrected chi connectivity index (χ2v) is 7.19. The molecule has 3 nitrogen and oxygen atoms in total. The third-order valence-electron chi connectivity index (χ3n) is 5.75. The molecule has 1 aromatic heterocycles. The standard InChI is InChI=1S/C19H20FNO2/c20-15-1-2-18-17(10-15)16(3-4-21-18)14-8-12-5-11(7-19(22)23)6-13(12)9-14/h1-4,10-14H,5-9H2,(H,22,23)/t11?,12-,13+,14+. The highest BCUT2D eigenvalue weighted by molar-refractivity contribution is 5.82. The lowest BCUT2D eigenvalue weighted by molar-refractivity contribution is -0.138. The summed E-state index contributed by atoms with van der Waals surface area (Å²) in [6.45, 7) is 0. The van der Waals surface area contributed by atoms with E-state index in [2.05, 4.69) is 4.98 Å². The van der Waals surface area contributed by atoms with E-state index in [1.54, 1.807) is 12.1 Å². The first-order chi connectivity index (χ1) is 11.1. The number of benzene rings is 1. The summed E-state index contributed by atoms with van der Waals surface area (Å²) in [5.41, 5.74) is 2.06. The maximum atomic E-state index is 13.6. The van der Waals surface area contributed by atoms with Gasteiger partial charge in [0.1, 0.15) is 5.82 Å². The molecular weight excluding hydrogens is 293 g/mol. The fourth-order valence-electron chi connectivity index (χ4n) is 4.91. The van der Waals surface area contributed by atoms with Crippen molar-refractivity contribution in [3.05, 3.63) is 41.8 Å². The molecule has 23 heavy (non-hydrogen) atoms. The molecule has 120 valence electrons. The summed E-state index contributed by atoms with van der Waals surface area (Å²) >= 11 is 0. The van der Waals surface area contributed by atoms with Crippen LogP contribution in [0.25, 0.3) is 10.9 Å². The maximum absolute atomic E-state index is 13.6. The van der Waals surface area contributed by atoms with Crippen molar-refractivity contribution < 1.29 is 14.3 Å². The van der Waals surface area contributed by atoms with Crippen LogP contribution in [0.3, 0.4) is 0 Å². The maximum Gasteiger partial charge on any atom is 0.303 e. The molecule has 0 saturated heterocycles. The van der Waals surface area contributed by atoms with Crippen molar-refractivity contribution in [1.82, 2.24) is 4.98 Å². The van der Waals surface area contributed by atoms with Crippen LogP contribution in [0.15, 0.2) is 30.5 Å². The molecular formula is C19H20FNO2. The fourth-order valence-corrected chi connectivity index (χ4v) is 4.91. The van der Waals surface area contributed by atoms with Gasteiger partial charge in [-0.25, -0.2) is 4.39 Å². The zero-order valence-electron chi connectivity index (χ0n) is 12.9. The first-order valence-corrected chi connectivity index (χ1v) is 8.36. The lowest BCUT2D eigenvalue weighted by Gasteiger charge is -2.16. The summed E-state index contributed by atoms with van der Waals surface area (Å²) in [4.78, 5) is 15.2. The predicted molar refractivity (Wildman–Crippen MR) is 85.6 cm³/mol. The van der Waals surface area contributed by atoms with Crippen molar-refractivity contribution in [2.75, 3.05) is 0 Å². The molecule has 0 radical (unpaired) electrons. The molecule has 0 amide bonds. The lowest BCUT2D eigenvalue weighted by atomic mass is 9.90. The van der Waals surface area contributed by atoms with Gasteiger partial charge in [0.05, 0.1) is 5.52 Å². The van der Waals surface area contributed by atoms with Crippen LogP contribution in [-0.4, -0.2) is 16.1 Å². The summed E-state index contributed by atoms with van der Waals surface area (Å²) in [6, 6.07) is 6.83. The number of carboxylic acids is 1. The Morgan fingerprint density at radius 1 is 1.17 bits per heavy atom. The zero-order valence-corrected chi connectivity index (χ0v) is 12.9. The minimum atomic E-state index is -0.679. The van der Waals surface area contributed by atoms with E-state index < -0.39 is 5.97 Å². The van der Waals surface area contributed by atoms with Gasteiger partial charge in [0.25, 0.3) is 0 Å². The fraction of sp³-hybridized carbons (Fsp3) is 0.474. The first kappa shape index (κ1) is 14.6. The number of aromatic nitrogens is 1. The van der Waals surface area contributed by atoms with Crippen molar-refractivity contribution in [2.24, 2.45) is 17.8 Å². The molecule has 1 heterocycles. The van der Waals surface area contributed by atoms with Crippen LogP contribution in [0.4, 0.5) is 4.39 Å². The summed E-state index contributed by atoms with van der Waals surface area (Å²) in [6.07, 6.45) is 6.38. The molecule has 0 bridgehead atoms. The highest BCUT2D eigenvalue weighted by Gasteiger charge is 2.42. The van der Waals surface area contributed by atoms with Crippen molar-refractivity contribution in [3.63, 3.8) is 0 Å². The van der Waals surface area contributed by atoms with Crippen molar-refractivity contribution in [2.45, 2.75) is 38.0 Å². The van der Waals surface area contributed by atoms with Gasteiger partial charge < -0.3 is 5.11 Å². The number of halogens is 1. The number of pyridine rings is 1. The smallest absolute Gasteiger partial charge is 0.303 e. The normalized spacial score (nSPS) is 29.8. The molecule has 1 N–H and O–H groups in total. The minimum absolute atomic E-state index is 0.216. The van der Waals surface area contributed by atoms with Gasteiger partial charge in [0, 0.05) is 18.0 Å². The van der Waals surface area contributed by atoms with E-state index >= 15 is 0 Å². The van der Waals surface area contributed by atoms with E-state index in [-0.39, 0.29) is 5.82 Å². The van der Waals surface area contributed by atoms with E-state index in [1.165, 1.54) is 11.6 Å². The summed E-state index contributed by atoms with van der Waals surface area (Å²) in [5, 5.41) is 9.90. The van der Waals surface area contributed by atoms with Crippen LogP contribution in [0, 0.1) is 23.6 Å². The largest absolute Gasteiger partial charge is 0.481 e. The van der Waals surface area contributed by atoms with Gasteiger partial charge in [0.2, 0.25) is 0 Å². The predicted octanol–water partition coefficient (Wildman–Crippen LogP) is 4.37. The molecule has 4 rings (SSSR count). The molecule has 1 aromatic carbocycles. The molecule has 0 spiro atoms. The van der Waals surface area contributed by atoms with E-state index in [1.807, 2.05) is 12.3 Å². The van der Waals surface area contributed by atoms with Gasteiger partial charge in [-0.15, -0.1) is 0 Å². The van der Waals surface area contributed by atoms with Crippen LogP contribution in [0.1, 0.15) is 43.6 Å². The SMILES string of the molecule is O=C(O)CC1C[C@@H]2C[C@H](c3ccnc4ccc(F)cc34)C[C@@H]2C1. The number of carbonyl (C=O) groups is 1. The second-order valence-electron chi connectivity index (χ2n) is 7.19. The molecule has 2 fully saturated rings. The molecule has 2 saturated carbocycles. The highest BCUT2D eigenvalue weighted by atomic mass is 19.1. The average molecular weight is 313 g/mol. The number of hydrogen-bond donors (Lipinski definition) is 1. The van der Waals surface area contributed by atoms with E-state index in [0.29, 0.717) is 30.1 Å². The number of carboxylic acid groups (broad SMARTS) is 1. The van der Waals surface area contributed by atoms with Gasteiger partial charge in [-0.3, -0.25) is 9.78 Å². The summed E-state index contributed by atoms with van der Waals surface area (Å²) < 4.78 is 13.6. The number of hydrogen-bond acceptors (Lipinski definition) is 2. The van der Waals surface area contributed by atoms with Gasteiger partial charge in [0.15, 0.2) is 0 Å². The third kappa shape index (κ3) is 2.71. The average Bonchev–Trinajstić information content (AvgIpc) is 3.04.